The summed E-state index contributed by atoms with van der Waals surface area (Å²) in [5, 5.41) is 5.84. The van der Waals surface area contributed by atoms with Crippen LogP contribution in [0.25, 0.3) is 0 Å². The van der Waals surface area contributed by atoms with Crippen molar-refractivity contribution in [1.82, 2.24) is 15.5 Å². The van der Waals surface area contributed by atoms with Crippen LogP contribution >= 0.6 is 0 Å². The molecule has 1 fully saturated rings. The molecule has 0 bridgehead atoms. The zero-order chi connectivity index (χ0) is 17.5. The van der Waals surface area contributed by atoms with E-state index in [1.54, 1.807) is 11.9 Å². The van der Waals surface area contributed by atoms with Gasteiger partial charge in [0.15, 0.2) is 0 Å². The molecule has 0 unspecified atom stereocenters. The monoisotopic (exact) mass is 331 g/mol. The highest BCUT2D eigenvalue weighted by Gasteiger charge is 2.23. The maximum absolute atomic E-state index is 11.9. The molecule has 5 nitrogen and oxygen atoms in total. The number of hydrogen-bond donors (Lipinski definition) is 2. The van der Waals surface area contributed by atoms with Gasteiger partial charge in [-0.2, -0.15) is 0 Å². The minimum Gasteiger partial charge on any atom is -0.355 e. The Labute approximate surface area is 144 Å². The fourth-order valence-electron chi connectivity index (χ4n) is 2.52. The fourth-order valence-corrected chi connectivity index (χ4v) is 2.52. The molecule has 132 valence electrons. The van der Waals surface area contributed by atoms with E-state index in [0.717, 1.165) is 19.3 Å². The molecule has 1 aromatic rings. The van der Waals surface area contributed by atoms with E-state index in [1.165, 1.54) is 11.1 Å². The lowest BCUT2D eigenvalue weighted by Gasteiger charge is -2.16. The Morgan fingerprint density at radius 1 is 1.12 bits per heavy atom. The summed E-state index contributed by atoms with van der Waals surface area (Å²) >= 11 is 0. The Morgan fingerprint density at radius 3 is 2.33 bits per heavy atom. The van der Waals surface area contributed by atoms with Crippen LogP contribution < -0.4 is 10.6 Å². The van der Waals surface area contributed by atoms with Gasteiger partial charge in [-0.15, -0.1) is 0 Å². The average Bonchev–Trinajstić information content (AvgIpc) is 3.31. The first-order chi connectivity index (χ1) is 11.4. The summed E-state index contributed by atoms with van der Waals surface area (Å²) in [5.41, 5.74) is 2.55. The number of carbonyl (C=O) groups is 2. The quantitative estimate of drug-likeness (QED) is 0.724. The molecule has 2 N–H and O–H groups in total. The standard InChI is InChI=1S/C19H29N3O2/c1-14(2)16-6-4-15(5-7-16)10-11-20-18(23)12-22(3)13-19(24)21-17-8-9-17/h4-7,14,17H,8-13H2,1-3H3,(H,20,23)(H,21,24). The number of nitrogens with one attached hydrogen (secondary N) is 2. The lowest BCUT2D eigenvalue weighted by atomic mass is 10.0. The lowest BCUT2D eigenvalue weighted by molar-refractivity contribution is -0.124. The molecule has 1 aromatic carbocycles. The topological polar surface area (TPSA) is 61.4 Å². The summed E-state index contributed by atoms with van der Waals surface area (Å²) < 4.78 is 0. The maximum atomic E-state index is 11.9. The van der Waals surface area contributed by atoms with Crippen molar-refractivity contribution in [2.45, 2.75) is 45.1 Å². The second-order valence-electron chi connectivity index (χ2n) is 7.01. The zero-order valence-electron chi connectivity index (χ0n) is 15.0. The summed E-state index contributed by atoms with van der Waals surface area (Å²) in [6.45, 7) is 5.47. The number of benzene rings is 1. The normalized spacial score (nSPS) is 14.0. The van der Waals surface area contributed by atoms with E-state index in [2.05, 4.69) is 48.7 Å². The lowest BCUT2D eigenvalue weighted by Crippen LogP contribution is -2.41. The number of rotatable bonds is 9. The van der Waals surface area contributed by atoms with Crippen LogP contribution in [0.5, 0.6) is 0 Å². The van der Waals surface area contributed by atoms with Crippen LogP contribution in [0.3, 0.4) is 0 Å². The zero-order valence-corrected chi connectivity index (χ0v) is 15.0. The third-order valence-corrected chi connectivity index (χ3v) is 4.15. The van der Waals surface area contributed by atoms with Gasteiger partial charge in [-0.25, -0.2) is 0 Å². The second kappa shape index (κ2) is 8.83. The molecular formula is C19H29N3O2. The Balaban J connectivity index is 1.62. The van der Waals surface area contributed by atoms with Crippen LogP contribution in [0.2, 0.25) is 0 Å². The van der Waals surface area contributed by atoms with Gasteiger partial charge in [0.25, 0.3) is 0 Å². The third-order valence-electron chi connectivity index (χ3n) is 4.15. The van der Waals surface area contributed by atoms with E-state index >= 15 is 0 Å². The molecule has 0 heterocycles. The molecule has 0 aromatic heterocycles. The highest BCUT2D eigenvalue weighted by atomic mass is 16.2. The van der Waals surface area contributed by atoms with E-state index < -0.39 is 0 Å². The van der Waals surface area contributed by atoms with E-state index in [9.17, 15) is 9.59 Å². The number of likely N-dealkylation sites (N-methyl/N-ethyl adjacent to an activating group) is 1. The molecule has 0 spiro atoms. The number of hydrogen-bond acceptors (Lipinski definition) is 3. The number of nitrogens with zero attached hydrogens (tertiary/aromatic N) is 1. The van der Waals surface area contributed by atoms with Crippen molar-refractivity contribution < 1.29 is 9.59 Å². The van der Waals surface area contributed by atoms with Crippen LogP contribution in [-0.2, 0) is 16.0 Å². The van der Waals surface area contributed by atoms with Gasteiger partial charge >= 0.3 is 0 Å². The van der Waals surface area contributed by atoms with Crippen molar-refractivity contribution in [2.75, 3.05) is 26.7 Å². The van der Waals surface area contributed by atoms with Crippen molar-refractivity contribution in [2.24, 2.45) is 0 Å². The maximum Gasteiger partial charge on any atom is 0.234 e. The van der Waals surface area contributed by atoms with Gasteiger partial charge < -0.3 is 10.6 Å². The summed E-state index contributed by atoms with van der Waals surface area (Å²) in [6.07, 6.45) is 2.97. The van der Waals surface area contributed by atoms with Crippen molar-refractivity contribution in [3.8, 4) is 0 Å². The molecule has 0 saturated heterocycles. The molecule has 0 atom stereocenters. The highest BCUT2D eigenvalue weighted by molar-refractivity contribution is 5.81. The molecule has 2 amide bonds. The number of amides is 2. The third kappa shape index (κ3) is 6.71. The van der Waals surface area contributed by atoms with E-state index in [-0.39, 0.29) is 24.9 Å². The van der Waals surface area contributed by atoms with Crippen molar-refractivity contribution >= 4 is 11.8 Å². The van der Waals surface area contributed by atoms with E-state index in [0.29, 0.717) is 18.5 Å². The van der Waals surface area contributed by atoms with Crippen LogP contribution in [0.15, 0.2) is 24.3 Å². The largest absolute Gasteiger partial charge is 0.355 e. The molecular weight excluding hydrogens is 302 g/mol. The van der Waals surface area contributed by atoms with Crippen LogP contribution in [0.4, 0.5) is 0 Å². The Bertz CT molecular complexity index is 550. The molecule has 5 heteroatoms. The van der Waals surface area contributed by atoms with Gasteiger partial charge in [0.1, 0.15) is 0 Å². The first kappa shape index (κ1) is 18.5. The van der Waals surface area contributed by atoms with E-state index in [4.69, 9.17) is 0 Å². The minimum absolute atomic E-state index is 0.00181. The predicted molar refractivity (Wildman–Crippen MR) is 95.9 cm³/mol. The minimum atomic E-state index is -0.0458. The highest BCUT2D eigenvalue weighted by Crippen LogP contribution is 2.18. The fraction of sp³-hybridized carbons (Fsp3) is 0.579. The molecule has 0 radical (unpaired) electrons. The van der Waals surface area contributed by atoms with Crippen molar-refractivity contribution in [1.29, 1.82) is 0 Å². The van der Waals surface area contributed by atoms with Crippen molar-refractivity contribution in [3.63, 3.8) is 0 Å². The summed E-state index contributed by atoms with van der Waals surface area (Å²) in [7, 11) is 1.79. The first-order valence-corrected chi connectivity index (χ1v) is 8.77. The van der Waals surface area contributed by atoms with Crippen LogP contribution in [0, 0.1) is 0 Å². The van der Waals surface area contributed by atoms with Gasteiger partial charge in [-0.1, -0.05) is 38.1 Å². The van der Waals surface area contributed by atoms with Gasteiger partial charge in [-0.05, 0) is 43.4 Å². The molecule has 1 saturated carbocycles. The second-order valence-corrected chi connectivity index (χ2v) is 7.01. The smallest absolute Gasteiger partial charge is 0.234 e. The summed E-state index contributed by atoms with van der Waals surface area (Å²) in [5.74, 6) is 0.486. The molecule has 24 heavy (non-hydrogen) atoms. The van der Waals surface area contributed by atoms with Crippen LogP contribution in [0.1, 0.15) is 43.7 Å². The molecule has 1 aliphatic rings. The van der Waals surface area contributed by atoms with Gasteiger partial charge in [-0.3, -0.25) is 14.5 Å². The van der Waals surface area contributed by atoms with Gasteiger partial charge in [0, 0.05) is 12.6 Å². The Hall–Kier alpha value is -1.88. The van der Waals surface area contributed by atoms with Crippen molar-refractivity contribution in [3.05, 3.63) is 35.4 Å². The Kier molecular flexibility index (Phi) is 6.79. The molecule has 0 aliphatic heterocycles. The SMILES string of the molecule is CC(C)c1ccc(CCNC(=O)CN(C)CC(=O)NC2CC2)cc1. The summed E-state index contributed by atoms with van der Waals surface area (Å²) in [4.78, 5) is 25.3. The summed E-state index contributed by atoms with van der Waals surface area (Å²) in [6, 6.07) is 8.90. The van der Waals surface area contributed by atoms with Crippen LogP contribution in [-0.4, -0.2) is 49.4 Å². The van der Waals surface area contributed by atoms with Gasteiger partial charge in [0.2, 0.25) is 11.8 Å². The molecule has 1 aliphatic carbocycles. The first-order valence-electron chi connectivity index (χ1n) is 8.77. The average molecular weight is 331 g/mol. The predicted octanol–water partition coefficient (Wildman–Crippen LogP) is 1.68. The molecule has 2 rings (SSSR count). The number of carbonyl (C=O) groups excluding carboxylic acids is 2. The Morgan fingerprint density at radius 2 is 1.75 bits per heavy atom. The van der Waals surface area contributed by atoms with Gasteiger partial charge in [0.05, 0.1) is 13.1 Å². The van der Waals surface area contributed by atoms with E-state index in [1.807, 2.05) is 0 Å².